The van der Waals surface area contributed by atoms with E-state index in [1.807, 2.05) is 64.6 Å². The summed E-state index contributed by atoms with van der Waals surface area (Å²) in [6, 6.07) is 10.2. The molecule has 0 amide bonds. The van der Waals surface area contributed by atoms with Crippen molar-refractivity contribution in [2.75, 3.05) is 0 Å². The predicted molar refractivity (Wildman–Crippen MR) is 101 cm³/mol. The zero-order valence-corrected chi connectivity index (χ0v) is 15.4. The molecule has 1 atom stereocenters. The zero-order chi connectivity index (χ0) is 18.1. The standard InChI is InChI=1S/C18H19N7S/c1-13-8-20-24(10-13)14(2)17-21-22-18(26)25(17)16-9-19-23(12-16)11-15-6-4-3-5-7-15/h3-10,12,14H,11H2,1-2H3,(H,22,26)/t14-/m1/s1. The minimum atomic E-state index is -0.0610. The molecule has 0 spiro atoms. The minimum Gasteiger partial charge on any atom is -0.267 e. The maximum absolute atomic E-state index is 5.45. The number of hydrogen-bond donors (Lipinski definition) is 1. The van der Waals surface area contributed by atoms with Crippen molar-refractivity contribution in [3.8, 4) is 5.69 Å². The van der Waals surface area contributed by atoms with Crippen molar-refractivity contribution in [2.24, 2.45) is 0 Å². The van der Waals surface area contributed by atoms with Gasteiger partial charge in [0.25, 0.3) is 0 Å². The number of benzene rings is 1. The average Bonchev–Trinajstić information content (AvgIpc) is 3.35. The van der Waals surface area contributed by atoms with E-state index >= 15 is 0 Å². The molecule has 4 rings (SSSR count). The molecule has 0 fully saturated rings. The summed E-state index contributed by atoms with van der Waals surface area (Å²) in [6.45, 7) is 4.76. The van der Waals surface area contributed by atoms with Crippen LogP contribution in [0.3, 0.4) is 0 Å². The van der Waals surface area contributed by atoms with Gasteiger partial charge in [-0.25, -0.2) is 0 Å². The van der Waals surface area contributed by atoms with Crippen LogP contribution in [0.4, 0.5) is 0 Å². The van der Waals surface area contributed by atoms with E-state index in [1.165, 1.54) is 5.56 Å². The van der Waals surface area contributed by atoms with Crippen molar-refractivity contribution in [1.29, 1.82) is 0 Å². The summed E-state index contributed by atoms with van der Waals surface area (Å²) >= 11 is 5.45. The van der Waals surface area contributed by atoms with Crippen molar-refractivity contribution in [3.63, 3.8) is 0 Å². The van der Waals surface area contributed by atoms with Crippen LogP contribution in [0.25, 0.3) is 5.69 Å². The van der Waals surface area contributed by atoms with Gasteiger partial charge >= 0.3 is 0 Å². The molecule has 3 aromatic heterocycles. The summed E-state index contributed by atoms with van der Waals surface area (Å²) in [5, 5.41) is 16.2. The molecule has 1 N–H and O–H groups in total. The van der Waals surface area contributed by atoms with E-state index in [1.54, 1.807) is 6.20 Å². The Morgan fingerprint density at radius 1 is 1.12 bits per heavy atom. The van der Waals surface area contributed by atoms with E-state index in [4.69, 9.17) is 12.2 Å². The van der Waals surface area contributed by atoms with Crippen LogP contribution in [0.15, 0.2) is 55.1 Å². The third-order valence-corrected chi connectivity index (χ3v) is 4.54. The van der Waals surface area contributed by atoms with Gasteiger partial charge in [0.15, 0.2) is 10.6 Å². The normalized spacial score (nSPS) is 12.4. The number of H-pyrrole nitrogens is 1. The van der Waals surface area contributed by atoms with Crippen molar-refractivity contribution >= 4 is 12.2 Å². The second-order valence-electron chi connectivity index (χ2n) is 6.28. The van der Waals surface area contributed by atoms with Crippen LogP contribution in [-0.2, 0) is 6.54 Å². The van der Waals surface area contributed by atoms with E-state index in [-0.39, 0.29) is 6.04 Å². The molecule has 0 saturated carbocycles. The maximum atomic E-state index is 5.45. The molecule has 0 aliphatic heterocycles. The van der Waals surface area contributed by atoms with Crippen LogP contribution < -0.4 is 0 Å². The van der Waals surface area contributed by atoms with Crippen LogP contribution in [0, 0.1) is 11.7 Å². The van der Waals surface area contributed by atoms with Crippen LogP contribution in [0.1, 0.15) is 29.9 Å². The number of hydrogen-bond acceptors (Lipinski definition) is 4. The van der Waals surface area contributed by atoms with Gasteiger partial charge in [-0.05, 0) is 37.2 Å². The molecule has 0 unspecified atom stereocenters. The lowest BCUT2D eigenvalue weighted by atomic mass is 10.2. The predicted octanol–water partition coefficient (Wildman–Crippen LogP) is 3.29. The largest absolute Gasteiger partial charge is 0.267 e. The number of nitrogens with zero attached hydrogens (tertiary/aromatic N) is 6. The smallest absolute Gasteiger partial charge is 0.200 e. The summed E-state index contributed by atoms with van der Waals surface area (Å²) < 4.78 is 6.22. The second kappa shape index (κ2) is 6.72. The fourth-order valence-corrected chi connectivity index (χ4v) is 3.17. The number of aryl methyl sites for hydroxylation is 1. The molecule has 3 heterocycles. The number of aromatic amines is 1. The molecule has 0 aliphatic rings. The van der Waals surface area contributed by atoms with Gasteiger partial charge in [-0.2, -0.15) is 15.3 Å². The van der Waals surface area contributed by atoms with Gasteiger partial charge in [-0.3, -0.25) is 19.0 Å². The maximum Gasteiger partial charge on any atom is 0.200 e. The van der Waals surface area contributed by atoms with Gasteiger partial charge in [0.2, 0.25) is 0 Å². The van der Waals surface area contributed by atoms with Gasteiger partial charge in [-0.15, -0.1) is 0 Å². The van der Waals surface area contributed by atoms with E-state index in [0.29, 0.717) is 11.3 Å². The molecule has 0 saturated heterocycles. The highest BCUT2D eigenvalue weighted by atomic mass is 32.1. The quantitative estimate of drug-likeness (QED) is 0.551. The average molecular weight is 365 g/mol. The van der Waals surface area contributed by atoms with Gasteiger partial charge < -0.3 is 0 Å². The SMILES string of the molecule is Cc1cnn([C@H](C)c2n[nH]c(=S)n2-c2cnn(Cc3ccccc3)c2)c1. The fraction of sp³-hybridized carbons (Fsp3) is 0.222. The molecule has 132 valence electrons. The Balaban J connectivity index is 1.66. The molecule has 7 nitrogen and oxygen atoms in total. The first kappa shape index (κ1) is 16.5. The summed E-state index contributed by atoms with van der Waals surface area (Å²) in [7, 11) is 0. The number of aromatic nitrogens is 7. The molecule has 0 aliphatic carbocycles. The molecule has 1 aromatic carbocycles. The third kappa shape index (κ3) is 3.11. The molecule has 4 aromatic rings. The van der Waals surface area contributed by atoms with Crippen LogP contribution in [-0.4, -0.2) is 34.3 Å². The Bertz CT molecular complexity index is 1070. The molecular formula is C18H19N7S. The van der Waals surface area contributed by atoms with Gasteiger partial charge in [0.1, 0.15) is 6.04 Å². The van der Waals surface area contributed by atoms with Gasteiger partial charge in [-0.1, -0.05) is 30.3 Å². The second-order valence-corrected chi connectivity index (χ2v) is 6.66. The molecule has 0 radical (unpaired) electrons. The lowest BCUT2D eigenvalue weighted by Crippen LogP contribution is -2.13. The van der Waals surface area contributed by atoms with E-state index in [0.717, 1.165) is 17.1 Å². The van der Waals surface area contributed by atoms with Crippen LogP contribution in [0.5, 0.6) is 0 Å². The Hall–Kier alpha value is -3.00. The highest BCUT2D eigenvalue weighted by Gasteiger charge is 2.18. The zero-order valence-electron chi connectivity index (χ0n) is 14.6. The summed E-state index contributed by atoms with van der Waals surface area (Å²) in [5.74, 6) is 0.789. The number of rotatable bonds is 5. The van der Waals surface area contributed by atoms with E-state index in [2.05, 4.69) is 32.5 Å². The molecule has 26 heavy (non-hydrogen) atoms. The summed E-state index contributed by atoms with van der Waals surface area (Å²) in [5.41, 5.74) is 3.18. The monoisotopic (exact) mass is 365 g/mol. The molecule has 8 heteroatoms. The molecule has 0 bridgehead atoms. The minimum absolute atomic E-state index is 0.0610. The first-order valence-electron chi connectivity index (χ1n) is 8.36. The van der Waals surface area contributed by atoms with Gasteiger partial charge in [0, 0.05) is 12.4 Å². The van der Waals surface area contributed by atoms with Crippen molar-refractivity contribution in [3.05, 3.63) is 76.8 Å². The van der Waals surface area contributed by atoms with Crippen molar-refractivity contribution in [2.45, 2.75) is 26.4 Å². The summed E-state index contributed by atoms with van der Waals surface area (Å²) in [4.78, 5) is 0. The van der Waals surface area contributed by atoms with E-state index in [9.17, 15) is 0 Å². The topological polar surface area (TPSA) is 69.2 Å². The van der Waals surface area contributed by atoms with E-state index < -0.39 is 0 Å². The Morgan fingerprint density at radius 3 is 2.65 bits per heavy atom. The summed E-state index contributed by atoms with van der Waals surface area (Å²) in [6.07, 6.45) is 7.60. The van der Waals surface area contributed by atoms with Crippen LogP contribution in [0.2, 0.25) is 0 Å². The first-order valence-corrected chi connectivity index (χ1v) is 8.77. The Kier molecular flexibility index (Phi) is 4.26. The lowest BCUT2D eigenvalue weighted by Gasteiger charge is -2.12. The van der Waals surface area contributed by atoms with Crippen molar-refractivity contribution in [1.82, 2.24) is 34.3 Å². The highest BCUT2D eigenvalue weighted by molar-refractivity contribution is 7.71. The lowest BCUT2D eigenvalue weighted by molar-refractivity contribution is 0.527. The number of nitrogens with one attached hydrogen (secondary N) is 1. The third-order valence-electron chi connectivity index (χ3n) is 4.26. The first-order chi connectivity index (χ1) is 12.6. The van der Waals surface area contributed by atoms with Crippen molar-refractivity contribution < 1.29 is 0 Å². The van der Waals surface area contributed by atoms with Crippen LogP contribution >= 0.6 is 12.2 Å². The molecular weight excluding hydrogens is 346 g/mol. The Morgan fingerprint density at radius 2 is 1.92 bits per heavy atom. The Labute approximate surface area is 155 Å². The fourth-order valence-electron chi connectivity index (χ4n) is 2.93. The van der Waals surface area contributed by atoms with Gasteiger partial charge in [0.05, 0.1) is 24.6 Å². The highest BCUT2D eigenvalue weighted by Crippen LogP contribution is 2.20.